The van der Waals surface area contributed by atoms with Crippen molar-refractivity contribution in [3.05, 3.63) is 139 Å². The fourth-order valence-corrected chi connectivity index (χ4v) is 6.43. The molecule has 0 radical (unpaired) electrons. The molecule has 6 aromatic carbocycles. The SMILES string of the molecule is C1=Cc2c(c(-c3ccccc3)c3ccccc3c2-c2cc(-c3ccccc3)c3oc4ccccc4c3c2)CC1. The molecule has 39 heavy (non-hydrogen) atoms. The molecular formula is C38H26O. The summed E-state index contributed by atoms with van der Waals surface area (Å²) >= 11 is 0. The number of hydrogen-bond acceptors (Lipinski definition) is 1. The summed E-state index contributed by atoms with van der Waals surface area (Å²) in [6.07, 6.45) is 6.79. The summed E-state index contributed by atoms with van der Waals surface area (Å²) in [4.78, 5) is 0. The van der Waals surface area contributed by atoms with Crippen molar-refractivity contribution >= 4 is 38.8 Å². The monoisotopic (exact) mass is 498 g/mol. The van der Waals surface area contributed by atoms with Gasteiger partial charge in [0.25, 0.3) is 0 Å². The van der Waals surface area contributed by atoms with Crippen LogP contribution in [0.1, 0.15) is 17.5 Å². The number of hydrogen-bond donors (Lipinski definition) is 0. The first-order valence-corrected chi connectivity index (χ1v) is 13.7. The highest BCUT2D eigenvalue weighted by Crippen LogP contribution is 2.47. The maximum atomic E-state index is 6.49. The maximum absolute atomic E-state index is 6.49. The fourth-order valence-electron chi connectivity index (χ4n) is 6.43. The normalized spacial score (nSPS) is 12.8. The van der Waals surface area contributed by atoms with Gasteiger partial charge in [-0.3, -0.25) is 0 Å². The molecule has 1 aromatic heterocycles. The zero-order valence-electron chi connectivity index (χ0n) is 21.5. The van der Waals surface area contributed by atoms with Gasteiger partial charge < -0.3 is 4.42 Å². The Balaban J connectivity index is 1.52. The van der Waals surface area contributed by atoms with E-state index in [2.05, 4.69) is 127 Å². The first kappa shape index (κ1) is 22.1. The molecule has 184 valence electrons. The van der Waals surface area contributed by atoms with Gasteiger partial charge in [-0.15, -0.1) is 0 Å². The van der Waals surface area contributed by atoms with Crippen molar-refractivity contribution in [1.29, 1.82) is 0 Å². The van der Waals surface area contributed by atoms with E-state index in [1.807, 2.05) is 6.07 Å². The Morgan fingerprint density at radius 1 is 0.513 bits per heavy atom. The highest BCUT2D eigenvalue weighted by atomic mass is 16.3. The van der Waals surface area contributed by atoms with Crippen molar-refractivity contribution < 1.29 is 4.42 Å². The molecule has 0 saturated heterocycles. The van der Waals surface area contributed by atoms with Crippen LogP contribution >= 0.6 is 0 Å². The summed E-state index contributed by atoms with van der Waals surface area (Å²) in [5.41, 5.74) is 12.1. The van der Waals surface area contributed by atoms with E-state index >= 15 is 0 Å². The van der Waals surface area contributed by atoms with Gasteiger partial charge in [0.15, 0.2) is 0 Å². The summed E-state index contributed by atoms with van der Waals surface area (Å²) in [6.45, 7) is 0. The lowest BCUT2D eigenvalue weighted by Gasteiger charge is -2.24. The molecule has 0 atom stereocenters. The summed E-state index contributed by atoms with van der Waals surface area (Å²) in [5.74, 6) is 0. The summed E-state index contributed by atoms with van der Waals surface area (Å²) in [7, 11) is 0. The highest BCUT2D eigenvalue weighted by molar-refractivity contribution is 6.15. The molecule has 0 saturated carbocycles. The molecule has 0 fully saturated rings. The molecular weight excluding hydrogens is 472 g/mol. The molecule has 1 heterocycles. The van der Waals surface area contributed by atoms with Crippen LogP contribution in [0.4, 0.5) is 0 Å². The molecule has 1 aliphatic carbocycles. The number of rotatable bonds is 3. The zero-order valence-corrected chi connectivity index (χ0v) is 21.5. The summed E-state index contributed by atoms with van der Waals surface area (Å²) in [5, 5.41) is 4.91. The van der Waals surface area contributed by atoms with Crippen LogP contribution in [0.5, 0.6) is 0 Å². The molecule has 0 unspecified atom stereocenters. The molecule has 0 amide bonds. The van der Waals surface area contributed by atoms with Crippen molar-refractivity contribution in [3.8, 4) is 33.4 Å². The van der Waals surface area contributed by atoms with E-state index in [1.54, 1.807) is 0 Å². The third-order valence-corrected chi connectivity index (χ3v) is 8.12. The van der Waals surface area contributed by atoms with Crippen LogP contribution in [-0.4, -0.2) is 0 Å². The lowest BCUT2D eigenvalue weighted by molar-refractivity contribution is 0.670. The minimum absolute atomic E-state index is 0.924. The molecule has 8 rings (SSSR count). The van der Waals surface area contributed by atoms with E-state index < -0.39 is 0 Å². The van der Waals surface area contributed by atoms with Crippen LogP contribution in [0, 0.1) is 0 Å². The van der Waals surface area contributed by atoms with Crippen molar-refractivity contribution in [2.24, 2.45) is 0 Å². The average Bonchev–Trinajstić information content (AvgIpc) is 3.39. The van der Waals surface area contributed by atoms with Crippen LogP contribution < -0.4 is 0 Å². The van der Waals surface area contributed by atoms with E-state index in [1.165, 1.54) is 44.2 Å². The Kier molecular flexibility index (Phi) is 5.03. The van der Waals surface area contributed by atoms with Gasteiger partial charge in [0.1, 0.15) is 11.2 Å². The fraction of sp³-hybridized carbons (Fsp3) is 0.0526. The van der Waals surface area contributed by atoms with Crippen molar-refractivity contribution in [1.82, 2.24) is 0 Å². The predicted octanol–water partition coefficient (Wildman–Crippen LogP) is 10.7. The zero-order chi connectivity index (χ0) is 25.8. The Hall–Kier alpha value is -4.88. The van der Waals surface area contributed by atoms with Crippen LogP contribution in [-0.2, 0) is 6.42 Å². The Labute approximate surface area is 227 Å². The number of benzene rings is 6. The number of para-hydroxylation sites is 1. The second kappa shape index (κ2) is 8.85. The molecule has 7 aromatic rings. The quantitative estimate of drug-likeness (QED) is 0.236. The van der Waals surface area contributed by atoms with Gasteiger partial charge in [0.2, 0.25) is 0 Å². The molecule has 1 nitrogen and oxygen atoms in total. The first-order valence-electron chi connectivity index (χ1n) is 13.7. The smallest absolute Gasteiger partial charge is 0.143 e. The number of fused-ring (bicyclic) bond motifs is 5. The van der Waals surface area contributed by atoms with Crippen molar-refractivity contribution in [2.45, 2.75) is 12.8 Å². The van der Waals surface area contributed by atoms with Crippen LogP contribution in [0.15, 0.2) is 132 Å². The molecule has 1 aliphatic rings. The van der Waals surface area contributed by atoms with Gasteiger partial charge in [0, 0.05) is 16.3 Å². The highest BCUT2D eigenvalue weighted by Gasteiger charge is 2.23. The van der Waals surface area contributed by atoms with Gasteiger partial charge in [-0.1, -0.05) is 115 Å². The number of allylic oxidation sites excluding steroid dienone is 1. The van der Waals surface area contributed by atoms with Crippen molar-refractivity contribution in [2.75, 3.05) is 0 Å². The lowest BCUT2D eigenvalue weighted by atomic mass is 9.80. The third kappa shape index (κ3) is 3.47. The van der Waals surface area contributed by atoms with Gasteiger partial charge in [0.05, 0.1) is 0 Å². The largest absolute Gasteiger partial charge is 0.455 e. The molecule has 1 heteroatoms. The van der Waals surface area contributed by atoms with E-state index in [4.69, 9.17) is 4.42 Å². The van der Waals surface area contributed by atoms with E-state index in [0.717, 1.165) is 45.9 Å². The second-order valence-electron chi connectivity index (χ2n) is 10.4. The minimum atomic E-state index is 0.924. The number of furan rings is 1. The minimum Gasteiger partial charge on any atom is -0.455 e. The van der Waals surface area contributed by atoms with Gasteiger partial charge in [-0.25, -0.2) is 0 Å². The van der Waals surface area contributed by atoms with Crippen LogP contribution in [0.2, 0.25) is 0 Å². The van der Waals surface area contributed by atoms with Crippen LogP contribution in [0.3, 0.4) is 0 Å². The van der Waals surface area contributed by atoms with E-state index in [9.17, 15) is 0 Å². The first-order chi connectivity index (χ1) is 19.4. The molecule has 0 N–H and O–H groups in total. The van der Waals surface area contributed by atoms with E-state index in [-0.39, 0.29) is 0 Å². The Bertz CT molecular complexity index is 2040. The van der Waals surface area contributed by atoms with Gasteiger partial charge in [-0.05, 0) is 80.8 Å². The maximum Gasteiger partial charge on any atom is 0.143 e. The van der Waals surface area contributed by atoms with Crippen molar-refractivity contribution in [3.63, 3.8) is 0 Å². The molecule has 0 aliphatic heterocycles. The lowest BCUT2D eigenvalue weighted by Crippen LogP contribution is -2.02. The molecule has 0 spiro atoms. The average molecular weight is 499 g/mol. The predicted molar refractivity (Wildman–Crippen MR) is 165 cm³/mol. The van der Waals surface area contributed by atoms with Gasteiger partial charge in [-0.2, -0.15) is 0 Å². The summed E-state index contributed by atoms with van der Waals surface area (Å²) in [6, 6.07) is 43.5. The van der Waals surface area contributed by atoms with Gasteiger partial charge >= 0.3 is 0 Å². The second-order valence-corrected chi connectivity index (χ2v) is 10.4. The van der Waals surface area contributed by atoms with Crippen LogP contribution in [0.25, 0.3) is 72.2 Å². The Morgan fingerprint density at radius 3 is 1.92 bits per heavy atom. The summed E-state index contributed by atoms with van der Waals surface area (Å²) < 4.78 is 6.49. The molecule has 0 bridgehead atoms. The third-order valence-electron chi connectivity index (χ3n) is 8.12. The topological polar surface area (TPSA) is 13.1 Å². The standard InChI is InChI=1S/C38H26O/c1-3-13-25(14-4-1)33-23-27(24-34-28-17-11-12-22-35(28)39-38(33)34)37-31-20-9-7-18-29(31)36(26-15-5-2-6-16-26)30-19-8-10-21-32(30)37/h1-7,9-18,20-24H,8,19H2. The van der Waals surface area contributed by atoms with E-state index in [0.29, 0.717) is 0 Å². The Morgan fingerprint density at radius 2 is 1.15 bits per heavy atom.